The molecule has 0 atom stereocenters. The Bertz CT molecular complexity index is 594. The Balaban J connectivity index is 2.03. The van der Waals surface area contributed by atoms with Gasteiger partial charge in [0.15, 0.2) is 11.6 Å². The first-order valence-electron chi connectivity index (χ1n) is 6.27. The number of carbonyl (C=O) groups excluding carboxylic acids is 2. The lowest BCUT2D eigenvalue weighted by Gasteiger charge is -2.04. The van der Waals surface area contributed by atoms with Gasteiger partial charge in [-0.2, -0.15) is 0 Å². The topological polar surface area (TPSA) is 69.2 Å². The predicted molar refractivity (Wildman–Crippen MR) is 72.9 cm³/mol. The maximum Gasteiger partial charge on any atom is 0.207 e. The van der Waals surface area contributed by atoms with E-state index < -0.39 is 0 Å². The number of carbonyl (C=O) groups is 2. The molecule has 5 nitrogen and oxygen atoms in total. The van der Waals surface area contributed by atoms with E-state index in [1.807, 2.05) is 6.92 Å². The quantitative estimate of drug-likeness (QED) is 0.595. The van der Waals surface area contributed by atoms with Crippen LogP contribution in [0.25, 0.3) is 0 Å². The summed E-state index contributed by atoms with van der Waals surface area (Å²) in [6.07, 6.45) is 2.71. The Morgan fingerprint density at radius 3 is 2.30 bits per heavy atom. The van der Waals surface area contributed by atoms with Crippen LogP contribution in [0.1, 0.15) is 34.3 Å². The van der Waals surface area contributed by atoms with Gasteiger partial charge < -0.3 is 4.74 Å². The summed E-state index contributed by atoms with van der Waals surface area (Å²) in [5.74, 6) is 0.114. The number of ketones is 2. The first-order valence-corrected chi connectivity index (χ1v) is 6.27. The van der Waals surface area contributed by atoms with Gasteiger partial charge in [0, 0.05) is 18.0 Å². The molecular weight excluding hydrogens is 256 g/mol. The smallest absolute Gasteiger partial charge is 0.207 e. The van der Waals surface area contributed by atoms with Gasteiger partial charge in [0.05, 0.1) is 13.0 Å². The van der Waals surface area contributed by atoms with E-state index >= 15 is 0 Å². The Kier molecular flexibility index (Phi) is 4.55. The Labute approximate surface area is 116 Å². The average Bonchev–Trinajstić information content (AvgIpc) is 2.49. The molecule has 0 aliphatic heterocycles. The minimum absolute atomic E-state index is 0.0618. The van der Waals surface area contributed by atoms with E-state index in [-0.39, 0.29) is 23.8 Å². The number of benzene rings is 1. The van der Waals surface area contributed by atoms with Crippen molar-refractivity contribution in [3.05, 3.63) is 54.1 Å². The van der Waals surface area contributed by atoms with Crippen molar-refractivity contribution in [2.75, 3.05) is 6.61 Å². The van der Waals surface area contributed by atoms with Crippen LogP contribution in [0.3, 0.4) is 0 Å². The van der Waals surface area contributed by atoms with E-state index in [4.69, 9.17) is 4.74 Å². The summed E-state index contributed by atoms with van der Waals surface area (Å²) in [6, 6.07) is 8.32. The molecule has 2 aromatic rings. The van der Waals surface area contributed by atoms with Crippen molar-refractivity contribution in [1.82, 2.24) is 9.97 Å². The van der Waals surface area contributed by atoms with Gasteiger partial charge in [-0.1, -0.05) is 0 Å². The largest absolute Gasteiger partial charge is 0.494 e. The fourth-order valence-corrected chi connectivity index (χ4v) is 1.67. The summed E-state index contributed by atoms with van der Waals surface area (Å²) < 4.78 is 5.29. The maximum atomic E-state index is 12.0. The molecule has 0 bridgehead atoms. The predicted octanol–water partition coefficient (Wildman–Crippen LogP) is 2.33. The lowest BCUT2D eigenvalue weighted by molar-refractivity contribution is 0.0888. The third kappa shape index (κ3) is 3.47. The Morgan fingerprint density at radius 2 is 1.70 bits per heavy atom. The third-order valence-electron chi connectivity index (χ3n) is 2.62. The molecule has 0 N–H and O–H groups in total. The zero-order chi connectivity index (χ0) is 14.4. The molecule has 0 aliphatic rings. The van der Waals surface area contributed by atoms with E-state index in [9.17, 15) is 9.59 Å². The molecule has 0 amide bonds. The Morgan fingerprint density at radius 1 is 1.05 bits per heavy atom. The first kappa shape index (κ1) is 13.9. The molecule has 0 saturated carbocycles. The number of hydrogen-bond donors (Lipinski definition) is 0. The van der Waals surface area contributed by atoms with Crippen molar-refractivity contribution in [2.45, 2.75) is 13.3 Å². The Hall–Kier alpha value is -2.56. The van der Waals surface area contributed by atoms with Crippen LogP contribution < -0.4 is 4.74 Å². The van der Waals surface area contributed by atoms with E-state index in [1.165, 1.54) is 12.4 Å². The minimum atomic E-state index is -0.385. The summed E-state index contributed by atoms with van der Waals surface area (Å²) in [5.41, 5.74) is 0.470. The fraction of sp³-hybridized carbons (Fsp3) is 0.200. The molecule has 0 saturated heterocycles. The minimum Gasteiger partial charge on any atom is -0.494 e. The van der Waals surface area contributed by atoms with Gasteiger partial charge in [0.2, 0.25) is 5.78 Å². The highest BCUT2D eigenvalue weighted by atomic mass is 16.5. The molecule has 102 valence electrons. The molecule has 5 heteroatoms. The molecule has 1 aromatic carbocycles. The third-order valence-corrected chi connectivity index (χ3v) is 2.62. The number of ether oxygens (including phenoxy) is 1. The highest BCUT2D eigenvalue weighted by molar-refractivity contribution is 6.12. The van der Waals surface area contributed by atoms with Crippen molar-refractivity contribution in [2.24, 2.45) is 0 Å². The monoisotopic (exact) mass is 270 g/mol. The summed E-state index contributed by atoms with van der Waals surface area (Å²) in [7, 11) is 0. The summed E-state index contributed by atoms with van der Waals surface area (Å²) >= 11 is 0. The van der Waals surface area contributed by atoms with Crippen LogP contribution in [-0.2, 0) is 0 Å². The van der Waals surface area contributed by atoms with Crippen molar-refractivity contribution < 1.29 is 14.3 Å². The van der Waals surface area contributed by atoms with Gasteiger partial charge in [-0.3, -0.25) is 9.59 Å². The van der Waals surface area contributed by atoms with E-state index in [2.05, 4.69) is 9.97 Å². The molecule has 0 aliphatic carbocycles. The fourth-order valence-electron chi connectivity index (χ4n) is 1.67. The normalized spacial score (nSPS) is 10.1. The molecular formula is C15H14N2O3. The number of Topliss-reactive ketones (excluding diaryl/α,β-unsaturated/α-hetero) is 2. The zero-order valence-corrected chi connectivity index (χ0v) is 11.1. The molecule has 0 radical (unpaired) electrons. The molecule has 1 heterocycles. The van der Waals surface area contributed by atoms with Gasteiger partial charge in [0.1, 0.15) is 5.75 Å². The van der Waals surface area contributed by atoms with Gasteiger partial charge >= 0.3 is 0 Å². The first-order chi connectivity index (χ1) is 9.70. The van der Waals surface area contributed by atoms with E-state index in [0.717, 1.165) is 0 Å². The number of aromatic nitrogens is 2. The second kappa shape index (κ2) is 6.56. The average molecular weight is 270 g/mol. The number of rotatable bonds is 6. The van der Waals surface area contributed by atoms with Crippen LogP contribution in [0.5, 0.6) is 5.75 Å². The number of hydrogen-bond acceptors (Lipinski definition) is 5. The molecule has 2 rings (SSSR count). The summed E-state index contributed by atoms with van der Waals surface area (Å²) in [6.45, 7) is 2.45. The second-order valence-corrected chi connectivity index (χ2v) is 4.05. The summed E-state index contributed by atoms with van der Waals surface area (Å²) in [5, 5.41) is 0. The van der Waals surface area contributed by atoms with E-state index in [0.29, 0.717) is 17.9 Å². The van der Waals surface area contributed by atoms with Crippen LogP contribution >= 0.6 is 0 Å². The van der Waals surface area contributed by atoms with Crippen LogP contribution in [0.15, 0.2) is 42.7 Å². The summed E-state index contributed by atoms with van der Waals surface area (Å²) in [4.78, 5) is 31.5. The van der Waals surface area contributed by atoms with Crippen LogP contribution in [0, 0.1) is 0 Å². The second-order valence-electron chi connectivity index (χ2n) is 4.05. The van der Waals surface area contributed by atoms with Crippen LogP contribution in [0.4, 0.5) is 0 Å². The lowest BCUT2D eigenvalue weighted by Crippen LogP contribution is -2.11. The van der Waals surface area contributed by atoms with Gasteiger partial charge in [-0.15, -0.1) is 0 Å². The van der Waals surface area contributed by atoms with Crippen LogP contribution in [-0.4, -0.2) is 28.1 Å². The SMILES string of the molecule is CCOc1ccc(C(=O)CC(=O)c2ncccn2)cc1. The molecule has 1 aromatic heterocycles. The van der Waals surface area contributed by atoms with Crippen molar-refractivity contribution >= 4 is 11.6 Å². The van der Waals surface area contributed by atoms with Crippen molar-refractivity contribution in [1.29, 1.82) is 0 Å². The molecule has 0 unspecified atom stereocenters. The van der Waals surface area contributed by atoms with Crippen molar-refractivity contribution in [3.63, 3.8) is 0 Å². The molecule has 0 fully saturated rings. The van der Waals surface area contributed by atoms with Gasteiger partial charge in [-0.25, -0.2) is 9.97 Å². The highest BCUT2D eigenvalue weighted by Crippen LogP contribution is 2.14. The molecule has 20 heavy (non-hydrogen) atoms. The lowest BCUT2D eigenvalue weighted by atomic mass is 10.1. The standard InChI is InChI=1S/C15H14N2O3/c1-2-20-12-6-4-11(5-7-12)13(18)10-14(19)15-16-8-3-9-17-15/h3-9H,2,10H2,1H3. The number of nitrogens with zero attached hydrogens (tertiary/aromatic N) is 2. The van der Waals surface area contributed by atoms with Gasteiger partial charge in [-0.05, 0) is 37.3 Å². The van der Waals surface area contributed by atoms with E-state index in [1.54, 1.807) is 30.3 Å². The van der Waals surface area contributed by atoms with Crippen molar-refractivity contribution in [3.8, 4) is 5.75 Å². The highest BCUT2D eigenvalue weighted by Gasteiger charge is 2.15. The molecule has 0 spiro atoms. The van der Waals surface area contributed by atoms with Crippen LogP contribution in [0.2, 0.25) is 0 Å². The van der Waals surface area contributed by atoms with Gasteiger partial charge in [0.25, 0.3) is 0 Å². The maximum absolute atomic E-state index is 12.0. The zero-order valence-electron chi connectivity index (χ0n) is 11.1.